The number of rotatable bonds is 5. The Labute approximate surface area is 138 Å². The Bertz CT molecular complexity index is 872. The molecule has 3 aromatic rings. The molecule has 0 unspecified atom stereocenters. The first-order chi connectivity index (χ1) is 11.2. The molecule has 0 saturated carbocycles. The fraction of sp³-hybridized carbons (Fsp3) is 0.222. The highest BCUT2D eigenvalue weighted by Gasteiger charge is 2.09. The Morgan fingerprint density at radius 2 is 1.96 bits per heavy atom. The molecule has 0 bridgehead atoms. The summed E-state index contributed by atoms with van der Waals surface area (Å²) >= 11 is 5.96. The number of halogens is 1. The maximum Gasteiger partial charge on any atom is 0.347 e. The maximum absolute atomic E-state index is 12.1. The van der Waals surface area contributed by atoms with Gasteiger partial charge in [0.05, 0.1) is 17.5 Å². The lowest BCUT2D eigenvalue weighted by Crippen LogP contribution is -2.03. The normalized spacial score (nSPS) is 10.9. The summed E-state index contributed by atoms with van der Waals surface area (Å²) in [7, 11) is 0. The van der Waals surface area contributed by atoms with E-state index in [1.807, 2.05) is 24.3 Å². The summed E-state index contributed by atoms with van der Waals surface area (Å²) in [5.74, 6) is 1.05. The average molecular weight is 330 g/mol. The summed E-state index contributed by atoms with van der Waals surface area (Å²) in [4.78, 5) is 16.4. The molecule has 0 atom stereocenters. The number of ether oxygens (including phenoxy) is 1. The Kier molecular flexibility index (Phi) is 4.63. The first kappa shape index (κ1) is 15.6. The molecule has 4 nitrogen and oxygen atoms in total. The average Bonchev–Trinajstić information content (AvgIpc) is 2.55. The molecule has 0 aliphatic carbocycles. The SMILES string of the molecule is CCCCOc1ccc(-c2nc3cc(Cl)ccc3c(=O)o2)cc1. The summed E-state index contributed by atoms with van der Waals surface area (Å²) in [6.45, 7) is 2.81. The van der Waals surface area contributed by atoms with Crippen molar-refractivity contribution in [3.8, 4) is 17.2 Å². The van der Waals surface area contributed by atoms with E-state index in [4.69, 9.17) is 20.8 Å². The molecule has 1 aromatic heterocycles. The predicted octanol–water partition coefficient (Wildman–Crippen LogP) is 4.69. The molecular weight excluding hydrogens is 314 g/mol. The van der Waals surface area contributed by atoms with Crippen LogP contribution < -0.4 is 10.4 Å². The molecule has 0 aliphatic heterocycles. The van der Waals surface area contributed by atoms with Crippen LogP contribution in [0.1, 0.15) is 19.8 Å². The van der Waals surface area contributed by atoms with Crippen molar-refractivity contribution < 1.29 is 9.15 Å². The van der Waals surface area contributed by atoms with Crippen molar-refractivity contribution in [1.29, 1.82) is 0 Å². The van der Waals surface area contributed by atoms with Crippen LogP contribution in [0.5, 0.6) is 5.75 Å². The molecule has 0 aliphatic rings. The van der Waals surface area contributed by atoms with Crippen LogP contribution in [0.15, 0.2) is 51.7 Å². The summed E-state index contributed by atoms with van der Waals surface area (Å²) in [6.07, 6.45) is 2.11. The molecular formula is C18H16ClNO3. The van der Waals surface area contributed by atoms with E-state index in [1.165, 1.54) is 0 Å². The van der Waals surface area contributed by atoms with E-state index in [2.05, 4.69) is 11.9 Å². The number of nitrogens with zero attached hydrogens (tertiary/aromatic N) is 1. The van der Waals surface area contributed by atoms with Crippen LogP contribution in [-0.2, 0) is 0 Å². The zero-order chi connectivity index (χ0) is 16.2. The van der Waals surface area contributed by atoms with Crippen LogP contribution in [0, 0.1) is 0 Å². The minimum Gasteiger partial charge on any atom is -0.494 e. The molecule has 0 spiro atoms. The monoisotopic (exact) mass is 329 g/mol. The third-order valence-corrected chi connectivity index (χ3v) is 3.69. The first-order valence-corrected chi connectivity index (χ1v) is 7.89. The van der Waals surface area contributed by atoms with Gasteiger partial charge in [-0.15, -0.1) is 0 Å². The van der Waals surface area contributed by atoms with E-state index in [0.29, 0.717) is 28.1 Å². The Morgan fingerprint density at radius 3 is 2.70 bits per heavy atom. The van der Waals surface area contributed by atoms with Gasteiger partial charge in [0.2, 0.25) is 5.89 Å². The molecule has 3 rings (SSSR count). The van der Waals surface area contributed by atoms with Crippen molar-refractivity contribution in [3.63, 3.8) is 0 Å². The van der Waals surface area contributed by atoms with Gasteiger partial charge in [0.1, 0.15) is 5.75 Å². The second kappa shape index (κ2) is 6.84. The summed E-state index contributed by atoms with van der Waals surface area (Å²) < 4.78 is 10.9. The quantitative estimate of drug-likeness (QED) is 0.637. The minimum absolute atomic E-state index is 0.268. The van der Waals surface area contributed by atoms with E-state index in [-0.39, 0.29) is 5.89 Å². The third-order valence-electron chi connectivity index (χ3n) is 3.46. The molecule has 118 valence electrons. The zero-order valence-corrected chi connectivity index (χ0v) is 13.5. The number of aromatic nitrogens is 1. The molecule has 0 radical (unpaired) electrons. The van der Waals surface area contributed by atoms with Crippen LogP contribution in [0.2, 0.25) is 5.02 Å². The topological polar surface area (TPSA) is 52.3 Å². The minimum atomic E-state index is -0.426. The van der Waals surface area contributed by atoms with Crippen molar-refractivity contribution >= 4 is 22.5 Å². The largest absolute Gasteiger partial charge is 0.494 e. The van der Waals surface area contributed by atoms with Crippen LogP contribution in [0.25, 0.3) is 22.4 Å². The number of fused-ring (bicyclic) bond motifs is 1. The van der Waals surface area contributed by atoms with E-state index < -0.39 is 5.63 Å². The smallest absolute Gasteiger partial charge is 0.347 e. The Morgan fingerprint density at radius 1 is 1.17 bits per heavy atom. The molecule has 1 heterocycles. The van der Waals surface area contributed by atoms with Gasteiger partial charge in [0, 0.05) is 10.6 Å². The number of hydrogen-bond acceptors (Lipinski definition) is 4. The summed E-state index contributed by atoms with van der Waals surface area (Å²) in [6, 6.07) is 12.2. The van der Waals surface area contributed by atoms with Crippen molar-refractivity contribution in [2.24, 2.45) is 0 Å². The molecule has 5 heteroatoms. The van der Waals surface area contributed by atoms with Gasteiger partial charge in [-0.1, -0.05) is 24.9 Å². The standard InChI is InChI=1S/C18H16ClNO3/c1-2-3-10-22-14-7-4-12(5-8-14)17-20-16-11-13(19)6-9-15(16)18(21)23-17/h4-9,11H,2-3,10H2,1H3. The van der Waals surface area contributed by atoms with Gasteiger partial charge in [-0.2, -0.15) is 0 Å². The van der Waals surface area contributed by atoms with E-state index in [1.54, 1.807) is 18.2 Å². The molecule has 0 fully saturated rings. The van der Waals surface area contributed by atoms with Crippen molar-refractivity contribution in [1.82, 2.24) is 4.98 Å². The van der Waals surface area contributed by atoms with Crippen LogP contribution >= 0.6 is 11.6 Å². The number of hydrogen-bond donors (Lipinski definition) is 0. The fourth-order valence-corrected chi connectivity index (χ4v) is 2.36. The molecule has 0 saturated heterocycles. The van der Waals surface area contributed by atoms with Gasteiger partial charge in [-0.3, -0.25) is 0 Å². The van der Waals surface area contributed by atoms with Gasteiger partial charge < -0.3 is 9.15 Å². The third kappa shape index (κ3) is 3.54. The number of unbranched alkanes of at least 4 members (excludes halogenated alkanes) is 1. The van der Waals surface area contributed by atoms with E-state index in [0.717, 1.165) is 18.6 Å². The lowest BCUT2D eigenvalue weighted by atomic mass is 10.2. The second-order valence-corrected chi connectivity index (χ2v) is 5.63. The highest BCUT2D eigenvalue weighted by atomic mass is 35.5. The van der Waals surface area contributed by atoms with Gasteiger partial charge in [0.15, 0.2) is 0 Å². The highest BCUT2D eigenvalue weighted by Crippen LogP contribution is 2.23. The van der Waals surface area contributed by atoms with Crippen LogP contribution in [-0.4, -0.2) is 11.6 Å². The Balaban J connectivity index is 1.92. The molecule has 0 amide bonds. The highest BCUT2D eigenvalue weighted by molar-refractivity contribution is 6.31. The second-order valence-electron chi connectivity index (χ2n) is 5.19. The number of benzene rings is 2. The molecule has 0 N–H and O–H groups in total. The lowest BCUT2D eigenvalue weighted by molar-refractivity contribution is 0.309. The molecule has 2 aromatic carbocycles. The van der Waals surface area contributed by atoms with Gasteiger partial charge >= 0.3 is 5.63 Å². The first-order valence-electron chi connectivity index (χ1n) is 7.51. The van der Waals surface area contributed by atoms with Crippen molar-refractivity contribution in [3.05, 3.63) is 57.9 Å². The zero-order valence-electron chi connectivity index (χ0n) is 12.7. The lowest BCUT2D eigenvalue weighted by Gasteiger charge is -2.06. The van der Waals surface area contributed by atoms with E-state index in [9.17, 15) is 4.79 Å². The van der Waals surface area contributed by atoms with Crippen LogP contribution in [0.3, 0.4) is 0 Å². The maximum atomic E-state index is 12.1. The van der Waals surface area contributed by atoms with Crippen LogP contribution in [0.4, 0.5) is 0 Å². The fourth-order valence-electron chi connectivity index (χ4n) is 2.20. The van der Waals surface area contributed by atoms with Crippen molar-refractivity contribution in [2.75, 3.05) is 6.61 Å². The summed E-state index contributed by atoms with van der Waals surface area (Å²) in [5, 5.41) is 0.943. The van der Waals surface area contributed by atoms with Gasteiger partial charge in [0.25, 0.3) is 0 Å². The van der Waals surface area contributed by atoms with E-state index >= 15 is 0 Å². The predicted molar refractivity (Wildman–Crippen MR) is 91.1 cm³/mol. The van der Waals surface area contributed by atoms with Gasteiger partial charge in [-0.05, 0) is 48.9 Å². The molecule has 23 heavy (non-hydrogen) atoms. The van der Waals surface area contributed by atoms with Crippen molar-refractivity contribution in [2.45, 2.75) is 19.8 Å². The van der Waals surface area contributed by atoms with Gasteiger partial charge in [-0.25, -0.2) is 9.78 Å². The summed E-state index contributed by atoms with van der Waals surface area (Å²) in [5.41, 5.74) is 0.809. The Hall–Kier alpha value is -2.33.